The van der Waals surface area contributed by atoms with Gasteiger partial charge in [-0.15, -0.1) is 0 Å². The van der Waals surface area contributed by atoms with Crippen molar-refractivity contribution >= 4 is 23.0 Å². The van der Waals surface area contributed by atoms with E-state index >= 15 is 0 Å². The maximum Gasteiger partial charge on any atom is 0.338 e. The third-order valence-electron chi connectivity index (χ3n) is 2.84. The van der Waals surface area contributed by atoms with Gasteiger partial charge in [-0.1, -0.05) is 0 Å². The molecule has 0 aliphatic carbocycles. The highest BCUT2D eigenvalue weighted by Gasteiger charge is 2.09. The summed E-state index contributed by atoms with van der Waals surface area (Å²) in [6.45, 7) is 4.02. The summed E-state index contributed by atoms with van der Waals surface area (Å²) in [6, 6.07) is 8.81. The van der Waals surface area contributed by atoms with Gasteiger partial charge >= 0.3 is 5.97 Å². The van der Waals surface area contributed by atoms with Gasteiger partial charge < -0.3 is 15.8 Å². The Bertz CT molecular complexity index is 626. The highest BCUT2D eigenvalue weighted by atomic mass is 16.5. The Hall–Kier alpha value is -2.56. The number of aryl methyl sites for hydroxylation is 1. The number of nitrogen functional groups attached to an aromatic ring is 1. The molecule has 0 spiro atoms. The minimum absolute atomic E-state index is 0.341. The number of esters is 1. The van der Waals surface area contributed by atoms with Gasteiger partial charge in [0.25, 0.3) is 0 Å². The molecule has 0 unspecified atom stereocenters. The van der Waals surface area contributed by atoms with Crippen molar-refractivity contribution in [3.63, 3.8) is 0 Å². The average molecular weight is 271 g/mol. The van der Waals surface area contributed by atoms with Gasteiger partial charge in [-0.3, -0.25) is 4.98 Å². The molecular formula is C15H17N3O2. The van der Waals surface area contributed by atoms with Crippen LogP contribution in [0.5, 0.6) is 0 Å². The zero-order chi connectivity index (χ0) is 14.5. The summed E-state index contributed by atoms with van der Waals surface area (Å²) in [5.74, 6) is -0.372. The molecule has 2 rings (SSSR count). The molecule has 0 aliphatic rings. The summed E-state index contributed by atoms with van der Waals surface area (Å²) < 4.78 is 4.94. The van der Waals surface area contributed by atoms with Crippen LogP contribution in [-0.4, -0.2) is 17.6 Å². The Labute approximate surface area is 117 Å². The predicted molar refractivity (Wildman–Crippen MR) is 79.1 cm³/mol. The molecule has 5 nitrogen and oxygen atoms in total. The first-order valence-electron chi connectivity index (χ1n) is 6.37. The molecule has 0 radical (unpaired) electrons. The van der Waals surface area contributed by atoms with Gasteiger partial charge in [-0.2, -0.15) is 0 Å². The molecule has 5 heteroatoms. The number of aromatic nitrogens is 1. The van der Waals surface area contributed by atoms with Gasteiger partial charge in [0.15, 0.2) is 0 Å². The zero-order valence-electron chi connectivity index (χ0n) is 11.5. The summed E-state index contributed by atoms with van der Waals surface area (Å²) >= 11 is 0. The van der Waals surface area contributed by atoms with E-state index in [9.17, 15) is 4.79 Å². The molecular weight excluding hydrogens is 254 g/mol. The molecule has 104 valence electrons. The van der Waals surface area contributed by atoms with Gasteiger partial charge in [-0.25, -0.2) is 4.79 Å². The number of anilines is 3. The van der Waals surface area contributed by atoms with Crippen molar-refractivity contribution in [2.24, 2.45) is 0 Å². The number of nitrogens with two attached hydrogens (primary N) is 1. The minimum Gasteiger partial charge on any atom is -0.462 e. The van der Waals surface area contributed by atoms with Crippen LogP contribution in [0, 0.1) is 6.92 Å². The van der Waals surface area contributed by atoms with Crippen molar-refractivity contribution in [1.29, 1.82) is 0 Å². The van der Waals surface area contributed by atoms with E-state index in [1.54, 1.807) is 31.3 Å². The van der Waals surface area contributed by atoms with Crippen molar-refractivity contribution < 1.29 is 9.53 Å². The molecule has 0 aliphatic heterocycles. The molecule has 0 fully saturated rings. The number of carbonyl (C=O) groups is 1. The Morgan fingerprint density at radius 3 is 2.80 bits per heavy atom. The zero-order valence-corrected chi connectivity index (χ0v) is 11.5. The highest BCUT2D eigenvalue weighted by molar-refractivity contribution is 5.92. The van der Waals surface area contributed by atoms with Gasteiger partial charge in [0.2, 0.25) is 0 Å². The first-order valence-corrected chi connectivity index (χ1v) is 6.37. The van der Waals surface area contributed by atoms with Crippen LogP contribution in [0.1, 0.15) is 23.0 Å². The monoisotopic (exact) mass is 271 g/mol. The van der Waals surface area contributed by atoms with Gasteiger partial charge in [0.1, 0.15) is 0 Å². The van der Waals surface area contributed by atoms with Crippen molar-refractivity contribution in [2.45, 2.75) is 13.8 Å². The molecule has 0 amide bonds. The summed E-state index contributed by atoms with van der Waals surface area (Å²) in [7, 11) is 0. The third kappa shape index (κ3) is 3.06. The van der Waals surface area contributed by atoms with E-state index < -0.39 is 0 Å². The molecule has 1 heterocycles. The number of carbonyl (C=O) groups excluding carboxylic acids is 1. The molecule has 0 atom stereocenters. The van der Waals surface area contributed by atoms with Crippen LogP contribution in [-0.2, 0) is 4.74 Å². The quantitative estimate of drug-likeness (QED) is 0.660. The second-order valence-electron chi connectivity index (χ2n) is 4.28. The average Bonchev–Trinajstić information content (AvgIpc) is 2.43. The largest absolute Gasteiger partial charge is 0.462 e. The normalized spacial score (nSPS) is 10.1. The van der Waals surface area contributed by atoms with E-state index in [-0.39, 0.29) is 5.97 Å². The summed E-state index contributed by atoms with van der Waals surface area (Å²) in [5.41, 5.74) is 9.37. The maximum atomic E-state index is 11.6. The van der Waals surface area contributed by atoms with E-state index in [0.29, 0.717) is 17.9 Å². The number of hydrogen-bond donors (Lipinski definition) is 2. The molecule has 0 saturated carbocycles. The molecule has 0 saturated heterocycles. The van der Waals surface area contributed by atoms with Gasteiger partial charge in [0, 0.05) is 6.20 Å². The van der Waals surface area contributed by atoms with Crippen molar-refractivity contribution in [1.82, 2.24) is 4.98 Å². The minimum atomic E-state index is -0.372. The SMILES string of the molecule is CCOC(=O)c1ccc(Nc2cccnc2C)c(N)c1. The van der Waals surface area contributed by atoms with Crippen LogP contribution < -0.4 is 11.1 Å². The number of pyridine rings is 1. The Balaban J connectivity index is 2.22. The first kappa shape index (κ1) is 13.9. The van der Waals surface area contributed by atoms with E-state index in [1.807, 2.05) is 19.1 Å². The lowest BCUT2D eigenvalue weighted by Crippen LogP contribution is -2.06. The topological polar surface area (TPSA) is 77.2 Å². The van der Waals surface area contributed by atoms with E-state index in [2.05, 4.69) is 10.3 Å². The lowest BCUT2D eigenvalue weighted by Gasteiger charge is -2.12. The smallest absolute Gasteiger partial charge is 0.338 e. The third-order valence-corrected chi connectivity index (χ3v) is 2.84. The predicted octanol–water partition coefficient (Wildman–Crippen LogP) is 2.89. The van der Waals surface area contributed by atoms with Crippen molar-refractivity contribution in [3.8, 4) is 0 Å². The van der Waals surface area contributed by atoms with E-state index in [1.165, 1.54) is 0 Å². The number of nitrogens with zero attached hydrogens (tertiary/aromatic N) is 1. The van der Waals surface area contributed by atoms with Crippen LogP contribution in [0.2, 0.25) is 0 Å². The lowest BCUT2D eigenvalue weighted by atomic mass is 10.1. The van der Waals surface area contributed by atoms with Crippen LogP contribution in [0.15, 0.2) is 36.5 Å². The van der Waals surface area contributed by atoms with Crippen LogP contribution in [0.25, 0.3) is 0 Å². The maximum absolute atomic E-state index is 11.6. The van der Waals surface area contributed by atoms with Gasteiger partial charge in [0.05, 0.1) is 34.9 Å². The molecule has 2 aromatic rings. The summed E-state index contributed by atoms with van der Waals surface area (Å²) in [6.07, 6.45) is 1.73. The summed E-state index contributed by atoms with van der Waals surface area (Å²) in [4.78, 5) is 15.8. The van der Waals surface area contributed by atoms with Crippen LogP contribution in [0.3, 0.4) is 0 Å². The Morgan fingerprint density at radius 2 is 2.15 bits per heavy atom. The molecule has 3 N–H and O–H groups in total. The van der Waals surface area contributed by atoms with E-state index in [4.69, 9.17) is 10.5 Å². The standard InChI is InChI=1S/C15H17N3O2/c1-3-20-15(19)11-6-7-14(12(16)9-11)18-13-5-4-8-17-10(13)2/h4-9,18H,3,16H2,1-2H3. The van der Waals surface area contributed by atoms with Crippen molar-refractivity contribution in [3.05, 3.63) is 47.8 Å². The van der Waals surface area contributed by atoms with Crippen LogP contribution >= 0.6 is 0 Å². The summed E-state index contributed by atoms with van der Waals surface area (Å²) in [5, 5.41) is 3.20. The fraction of sp³-hybridized carbons (Fsp3) is 0.200. The Kier molecular flexibility index (Phi) is 4.20. The number of ether oxygens (including phenoxy) is 1. The highest BCUT2D eigenvalue weighted by Crippen LogP contribution is 2.25. The molecule has 1 aromatic heterocycles. The second kappa shape index (κ2) is 6.06. The first-order chi connectivity index (χ1) is 9.61. The number of rotatable bonds is 4. The molecule has 20 heavy (non-hydrogen) atoms. The second-order valence-corrected chi connectivity index (χ2v) is 4.28. The number of hydrogen-bond acceptors (Lipinski definition) is 5. The van der Waals surface area contributed by atoms with Crippen LogP contribution in [0.4, 0.5) is 17.1 Å². The lowest BCUT2D eigenvalue weighted by molar-refractivity contribution is 0.0526. The fourth-order valence-corrected chi connectivity index (χ4v) is 1.78. The number of benzene rings is 1. The molecule has 0 bridgehead atoms. The van der Waals surface area contributed by atoms with Gasteiger partial charge in [-0.05, 0) is 44.2 Å². The van der Waals surface area contributed by atoms with Crippen molar-refractivity contribution in [2.75, 3.05) is 17.7 Å². The molecule has 1 aromatic carbocycles. The fourth-order valence-electron chi connectivity index (χ4n) is 1.78. The Morgan fingerprint density at radius 1 is 1.35 bits per heavy atom. The number of nitrogens with one attached hydrogen (secondary N) is 1. The van der Waals surface area contributed by atoms with E-state index in [0.717, 1.165) is 17.1 Å².